The molecule has 4 heterocycles. The van der Waals surface area contributed by atoms with Crippen LogP contribution in [-0.4, -0.2) is 34.3 Å². The molecule has 2 amide bonds. The predicted molar refractivity (Wildman–Crippen MR) is 123 cm³/mol. The van der Waals surface area contributed by atoms with Crippen molar-refractivity contribution in [2.75, 3.05) is 4.90 Å². The molecule has 6 rings (SSSR count). The van der Waals surface area contributed by atoms with Gasteiger partial charge in [0.1, 0.15) is 6.04 Å². The minimum Gasteiger partial charge on any atom is -0.461 e. The summed E-state index contributed by atoms with van der Waals surface area (Å²) in [5.41, 5.74) is 2.75. The fraction of sp³-hybridized carbons (Fsp3) is 0.185. The van der Waals surface area contributed by atoms with Gasteiger partial charge >= 0.3 is 0 Å². The third kappa shape index (κ3) is 2.76. The number of nitrogens with zero attached hydrogens (tertiary/aromatic N) is 2. The molecule has 2 aromatic carbocycles. The first-order valence-electron chi connectivity index (χ1n) is 11.1. The van der Waals surface area contributed by atoms with Gasteiger partial charge < -0.3 is 9.32 Å². The second kappa shape index (κ2) is 7.38. The molecule has 0 saturated carbocycles. The highest BCUT2D eigenvalue weighted by molar-refractivity contribution is 6.24. The van der Waals surface area contributed by atoms with Crippen molar-refractivity contribution < 1.29 is 23.6 Å². The molecule has 0 bridgehead atoms. The Bertz CT molecular complexity index is 1370. The van der Waals surface area contributed by atoms with Crippen molar-refractivity contribution >= 4 is 35.1 Å². The average Bonchev–Trinajstić information content (AvgIpc) is 3.55. The van der Waals surface area contributed by atoms with Crippen molar-refractivity contribution in [2.45, 2.75) is 19.0 Å². The first kappa shape index (κ1) is 20.4. The summed E-state index contributed by atoms with van der Waals surface area (Å²) in [4.78, 5) is 55.8. The normalized spacial score (nSPS) is 24.7. The van der Waals surface area contributed by atoms with Gasteiger partial charge in [-0.15, -0.1) is 0 Å². The Morgan fingerprint density at radius 1 is 0.882 bits per heavy atom. The lowest BCUT2D eigenvalue weighted by Gasteiger charge is -2.35. The zero-order valence-electron chi connectivity index (χ0n) is 18.3. The fourth-order valence-corrected chi connectivity index (χ4v) is 5.52. The first-order chi connectivity index (χ1) is 16.5. The van der Waals surface area contributed by atoms with Crippen LogP contribution < -0.4 is 4.90 Å². The van der Waals surface area contributed by atoms with E-state index in [2.05, 4.69) is 0 Å². The van der Waals surface area contributed by atoms with E-state index in [9.17, 15) is 19.2 Å². The maximum Gasteiger partial charge on any atom is 0.240 e. The minimum atomic E-state index is -0.872. The monoisotopic (exact) mass is 452 g/mol. The van der Waals surface area contributed by atoms with Crippen molar-refractivity contribution in [3.8, 4) is 0 Å². The lowest BCUT2D eigenvalue weighted by Crippen LogP contribution is -2.44. The number of fused-ring (bicyclic) bond motifs is 5. The minimum absolute atomic E-state index is 0.104. The van der Waals surface area contributed by atoms with Crippen molar-refractivity contribution in [2.24, 2.45) is 11.8 Å². The Balaban J connectivity index is 1.47. The van der Waals surface area contributed by atoms with Gasteiger partial charge in [-0.2, -0.15) is 0 Å². The number of carbonyl (C=O) groups excluding carboxylic acids is 4. The van der Waals surface area contributed by atoms with E-state index in [0.29, 0.717) is 11.3 Å². The molecule has 1 aromatic heterocycles. The lowest BCUT2D eigenvalue weighted by atomic mass is 9.84. The van der Waals surface area contributed by atoms with Crippen molar-refractivity contribution in [3.63, 3.8) is 0 Å². The molecular formula is C27H20N2O5. The Morgan fingerprint density at radius 3 is 2.32 bits per heavy atom. The number of anilines is 1. The molecule has 0 spiro atoms. The topological polar surface area (TPSA) is 87.9 Å². The zero-order chi connectivity index (χ0) is 23.6. The smallest absolute Gasteiger partial charge is 0.240 e. The summed E-state index contributed by atoms with van der Waals surface area (Å²) < 4.78 is 5.37. The van der Waals surface area contributed by atoms with Gasteiger partial charge in [0.05, 0.1) is 29.8 Å². The lowest BCUT2D eigenvalue weighted by molar-refractivity contribution is -0.123. The molecule has 2 saturated heterocycles. The highest BCUT2D eigenvalue weighted by Gasteiger charge is 2.64. The molecule has 0 aliphatic carbocycles. The standard InChI is InChI=1S/C27H20N2O5/c1-15(30)16-8-10-18(11-9-16)29-26(32)21-22(27(29)33)24(25(31)20-7-4-14-34-20)28-13-12-17-5-2-3-6-19(17)23(21)28/h2-14,21-24H,1H3/t21-,22-,23-,24+/m1/s1. The highest BCUT2D eigenvalue weighted by Crippen LogP contribution is 2.53. The number of ketones is 2. The third-order valence-electron chi connectivity index (χ3n) is 7.03. The van der Waals surface area contributed by atoms with Gasteiger partial charge in [-0.3, -0.25) is 19.2 Å². The van der Waals surface area contributed by atoms with Gasteiger partial charge in [-0.25, -0.2) is 4.90 Å². The Hall–Kier alpha value is -4.26. The Labute approximate surface area is 195 Å². The molecule has 168 valence electrons. The van der Waals surface area contributed by atoms with Crippen LogP contribution in [0.25, 0.3) is 6.08 Å². The Morgan fingerprint density at radius 2 is 1.62 bits per heavy atom. The van der Waals surface area contributed by atoms with Crippen LogP contribution in [0.1, 0.15) is 45.0 Å². The van der Waals surface area contributed by atoms with Crippen LogP contribution in [0.15, 0.2) is 77.5 Å². The molecule has 7 heteroatoms. The van der Waals surface area contributed by atoms with E-state index in [0.717, 1.165) is 11.1 Å². The molecule has 2 fully saturated rings. The van der Waals surface area contributed by atoms with Crippen LogP contribution in [0.4, 0.5) is 5.69 Å². The van der Waals surface area contributed by atoms with Gasteiger partial charge in [-0.05, 0) is 60.5 Å². The Kier molecular flexibility index (Phi) is 4.42. The second-order valence-corrected chi connectivity index (χ2v) is 8.79. The van der Waals surface area contributed by atoms with E-state index in [1.807, 2.05) is 41.4 Å². The van der Waals surface area contributed by atoms with Crippen molar-refractivity contribution in [1.82, 2.24) is 4.90 Å². The van der Waals surface area contributed by atoms with Crippen LogP contribution in [0.5, 0.6) is 0 Å². The molecule has 0 unspecified atom stereocenters. The summed E-state index contributed by atoms with van der Waals surface area (Å²) in [6.07, 6.45) is 5.13. The van der Waals surface area contributed by atoms with E-state index in [1.54, 1.807) is 36.4 Å². The number of rotatable bonds is 4. The molecule has 7 nitrogen and oxygen atoms in total. The number of benzene rings is 2. The molecule has 0 radical (unpaired) electrons. The molecule has 3 aliphatic rings. The van der Waals surface area contributed by atoms with Crippen LogP contribution in [0.2, 0.25) is 0 Å². The van der Waals surface area contributed by atoms with Gasteiger partial charge in [0.25, 0.3) is 0 Å². The van der Waals surface area contributed by atoms with Crippen LogP contribution >= 0.6 is 0 Å². The van der Waals surface area contributed by atoms with Gasteiger partial charge in [0.15, 0.2) is 11.5 Å². The maximum atomic E-state index is 13.8. The summed E-state index contributed by atoms with van der Waals surface area (Å²) >= 11 is 0. The SMILES string of the molecule is CC(=O)c1ccc(N2C(=O)[C@@H]3[C@@H](C2=O)[C@H]2c4ccccc4C=CN2[C@@H]3C(=O)c2ccco2)cc1. The van der Waals surface area contributed by atoms with Gasteiger partial charge in [-0.1, -0.05) is 24.3 Å². The summed E-state index contributed by atoms with van der Waals surface area (Å²) in [6, 6.07) is 16.0. The summed E-state index contributed by atoms with van der Waals surface area (Å²) in [5, 5.41) is 0. The van der Waals surface area contributed by atoms with Crippen molar-refractivity contribution in [3.05, 3.63) is 95.6 Å². The molecule has 3 aromatic rings. The number of carbonyl (C=O) groups is 4. The molecule has 3 aliphatic heterocycles. The average molecular weight is 452 g/mol. The number of imide groups is 1. The van der Waals surface area contributed by atoms with E-state index < -0.39 is 29.8 Å². The summed E-state index contributed by atoms with van der Waals surface area (Å²) in [7, 11) is 0. The quantitative estimate of drug-likeness (QED) is 0.441. The van der Waals surface area contributed by atoms with E-state index in [1.165, 1.54) is 18.1 Å². The molecular weight excluding hydrogens is 432 g/mol. The highest BCUT2D eigenvalue weighted by atomic mass is 16.3. The molecule has 34 heavy (non-hydrogen) atoms. The first-order valence-corrected chi connectivity index (χ1v) is 11.1. The fourth-order valence-electron chi connectivity index (χ4n) is 5.52. The zero-order valence-corrected chi connectivity index (χ0v) is 18.3. The van der Waals surface area contributed by atoms with E-state index in [-0.39, 0.29) is 23.2 Å². The van der Waals surface area contributed by atoms with Gasteiger partial charge in [0, 0.05) is 11.8 Å². The maximum absolute atomic E-state index is 13.8. The van der Waals surface area contributed by atoms with Crippen LogP contribution in [0.3, 0.4) is 0 Å². The second-order valence-electron chi connectivity index (χ2n) is 8.79. The third-order valence-corrected chi connectivity index (χ3v) is 7.03. The number of furan rings is 1. The number of hydrogen-bond acceptors (Lipinski definition) is 6. The van der Waals surface area contributed by atoms with E-state index in [4.69, 9.17) is 4.42 Å². The van der Waals surface area contributed by atoms with Crippen LogP contribution in [0, 0.1) is 11.8 Å². The van der Waals surface area contributed by atoms with Gasteiger partial charge in [0.2, 0.25) is 17.6 Å². The summed E-state index contributed by atoms with van der Waals surface area (Å²) in [5.74, 6) is -2.64. The number of Topliss-reactive ketones (excluding diaryl/α,β-unsaturated/α-hetero) is 2. The number of amides is 2. The molecule has 0 N–H and O–H groups in total. The molecule has 4 atom stereocenters. The largest absolute Gasteiger partial charge is 0.461 e. The number of hydrogen-bond donors (Lipinski definition) is 0. The van der Waals surface area contributed by atoms with E-state index >= 15 is 0 Å². The van der Waals surface area contributed by atoms with Crippen LogP contribution in [-0.2, 0) is 9.59 Å². The predicted octanol–water partition coefficient (Wildman–Crippen LogP) is 3.88. The van der Waals surface area contributed by atoms with Crippen molar-refractivity contribution in [1.29, 1.82) is 0 Å². The summed E-state index contributed by atoms with van der Waals surface area (Å²) in [6.45, 7) is 1.46.